The van der Waals surface area contributed by atoms with Gasteiger partial charge < -0.3 is 10.2 Å². The summed E-state index contributed by atoms with van der Waals surface area (Å²) in [5, 5.41) is 2.90. The van der Waals surface area contributed by atoms with Crippen LogP contribution >= 0.6 is 11.6 Å². The Kier molecular flexibility index (Phi) is 5.94. The zero-order chi connectivity index (χ0) is 22.2. The number of amides is 2. The van der Waals surface area contributed by atoms with Gasteiger partial charge in [-0.2, -0.15) is 0 Å². The van der Waals surface area contributed by atoms with Crippen LogP contribution in [0.4, 0.5) is 17.1 Å². The first-order chi connectivity index (χ1) is 14.8. The molecule has 2 aliphatic rings. The standard InChI is InChI=1S/C22H24ClN3O4S/c1-15-14-31(29,30)26(22(15)28)20-13-16(5-10-19(20)23)21(27)24-17-6-8-18(9-7-17)25-11-3-2-4-12-25/h5-10,13,15H,2-4,11-12,14H2,1H3,(H,24,27). The maximum atomic E-state index is 12.8. The number of sulfonamides is 1. The van der Waals surface area contributed by atoms with Gasteiger partial charge >= 0.3 is 0 Å². The van der Waals surface area contributed by atoms with E-state index in [0.29, 0.717) is 9.99 Å². The van der Waals surface area contributed by atoms with E-state index in [9.17, 15) is 18.0 Å². The number of rotatable bonds is 4. The smallest absolute Gasteiger partial charge is 0.255 e. The highest BCUT2D eigenvalue weighted by atomic mass is 35.5. The van der Waals surface area contributed by atoms with Crippen molar-refractivity contribution in [2.24, 2.45) is 5.92 Å². The Morgan fingerprint density at radius 1 is 1.06 bits per heavy atom. The highest BCUT2D eigenvalue weighted by Gasteiger charge is 2.43. The Labute approximate surface area is 187 Å². The predicted molar refractivity (Wildman–Crippen MR) is 122 cm³/mol. The Morgan fingerprint density at radius 3 is 2.35 bits per heavy atom. The van der Waals surface area contributed by atoms with Crippen LogP contribution in [-0.2, 0) is 14.8 Å². The van der Waals surface area contributed by atoms with Crippen LogP contribution in [0.2, 0.25) is 5.02 Å². The van der Waals surface area contributed by atoms with E-state index in [0.717, 1.165) is 18.8 Å². The molecule has 2 fully saturated rings. The van der Waals surface area contributed by atoms with Gasteiger partial charge in [-0.3, -0.25) is 9.59 Å². The minimum absolute atomic E-state index is 0.00381. The topological polar surface area (TPSA) is 86.8 Å². The van der Waals surface area contributed by atoms with Crippen molar-refractivity contribution in [2.75, 3.05) is 33.4 Å². The molecule has 0 bridgehead atoms. The molecule has 1 N–H and O–H groups in total. The van der Waals surface area contributed by atoms with Crippen LogP contribution < -0.4 is 14.5 Å². The van der Waals surface area contributed by atoms with Crippen LogP contribution in [0, 0.1) is 5.92 Å². The quantitative estimate of drug-likeness (QED) is 0.746. The van der Waals surface area contributed by atoms with E-state index in [-0.39, 0.29) is 22.0 Å². The molecule has 2 amide bonds. The van der Waals surface area contributed by atoms with E-state index in [1.54, 1.807) is 6.92 Å². The van der Waals surface area contributed by atoms with E-state index in [1.165, 1.54) is 37.5 Å². The second kappa shape index (κ2) is 8.51. The SMILES string of the molecule is CC1CS(=O)(=O)N(c2cc(C(=O)Nc3ccc(N4CCCCC4)cc3)ccc2Cl)C1=O. The molecule has 0 aliphatic carbocycles. The van der Waals surface area contributed by atoms with Crippen LogP contribution in [-0.4, -0.2) is 39.1 Å². The lowest BCUT2D eigenvalue weighted by molar-refractivity contribution is -0.119. The first-order valence-electron chi connectivity index (χ1n) is 10.3. The molecule has 7 nitrogen and oxygen atoms in total. The van der Waals surface area contributed by atoms with Gasteiger partial charge in [-0.1, -0.05) is 18.5 Å². The number of nitrogens with zero attached hydrogens (tertiary/aromatic N) is 2. The third kappa shape index (κ3) is 4.41. The van der Waals surface area contributed by atoms with Crippen LogP contribution in [0.15, 0.2) is 42.5 Å². The number of halogens is 1. The maximum Gasteiger partial charge on any atom is 0.255 e. The molecule has 2 aliphatic heterocycles. The lowest BCUT2D eigenvalue weighted by atomic mass is 10.1. The molecular formula is C22H24ClN3O4S. The zero-order valence-electron chi connectivity index (χ0n) is 17.2. The van der Waals surface area contributed by atoms with E-state index in [1.807, 2.05) is 24.3 Å². The molecule has 2 aromatic carbocycles. The predicted octanol–water partition coefficient (Wildman–Crippen LogP) is 3.90. The molecule has 0 saturated carbocycles. The molecule has 164 valence electrons. The molecule has 0 spiro atoms. The summed E-state index contributed by atoms with van der Waals surface area (Å²) < 4.78 is 25.5. The van der Waals surface area contributed by atoms with Crippen molar-refractivity contribution in [2.45, 2.75) is 26.2 Å². The molecular weight excluding hydrogens is 438 g/mol. The molecule has 0 radical (unpaired) electrons. The molecule has 2 heterocycles. The number of anilines is 3. The normalized spacial score (nSPS) is 20.7. The zero-order valence-corrected chi connectivity index (χ0v) is 18.7. The van der Waals surface area contributed by atoms with Crippen molar-refractivity contribution in [3.8, 4) is 0 Å². The number of benzene rings is 2. The summed E-state index contributed by atoms with van der Waals surface area (Å²) in [5.41, 5.74) is 1.96. The number of hydrogen-bond donors (Lipinski definition) is 1. The van der Waals surface area contributed by atoms with E-state index in [2.05, 4.69) is 10.2 Å². The second-order valence-corrected chi connectivity index (χ2v) is 10.3. The minimum atomic E-state index is -3.81. The van der Waals surface area contributed by atoms with Gasteiger partial charge in [-0.25, -0.2) is 12.7 Å². The Bertz CT molecular complexity index is 1110. The second-order valence-electron chi connectivity index (χ2n) is 8.00. The monoisotopic (exact) mass is 461 g/mol. The fraction of sp³-hybridized carbons (Fsp3) is 0.364. The minimum Gasteiger partial charge on any atom is -0.372 e. The molecule has 0 aromatic heterocycles. The summed E-state index contributed by atoms with van der Waals surface area (Å²) in [4.78, 5) is 27.5. The summed E-state index contributed by atoms with van der Waals surface area (Å²) in [7, 11) is -3.81. The number of carbonyl (C=O) groups excluding carboxylic acids is 2. The molecule has 1 unspecified atom stereocenters. The van der Waals surface area contributed by atoms with E-state index >= 15 is 0 Å². The molecule has 2 saturated heterocycles. The lowest BCUT2D eigenvalue weighted by Gasteiger charge is -2.28. The number of carbonyl (C=O) groups is 2. The summed E-state index contributed by atoms with van der Waals surface area (Å²) in [6.07, 6.45) is 3.63. The molecule has 1 atom stereocenters. The molecule has 2 aromatic rings. The Balaban J connectivity index is 1.53. The Morgan fingerprint density at radius 2 is 1.74 bits per heavy atom. The fourth-order valence-corrected chi connectivity index (χ4v) is 6.07. The van der Waals surface area contributed by atoms with Crippen molar-refractivity contribution in [1.82, 2.24) is 0 Å². The van der Waals surface area contributed by atoms with Gasteiger partial charge in [-0.05, 0) is 61.7 Å². The van der Waals surface area contributed by atoms with Crippen molar-refractivity contribution >= 4 is 50.5 Å². The average molecular weight is 462 g/mol. The van der Waals surface area contributed by atoms with Gasteiger partial charge in [0.05, 0.1) is 22.4 Å². The van der Waals surface area contributed by atoms with Crippen molar-refractivity contribution in [1.29, 1.82) is 0 Å². The van der Waals surface area contributed by atoms with Gasteiger partial charge in [0.25, 0.3) is 5.91 Å². The highest BCUT2D eigenvalue weighted by molar-refractivity contribution is 7.94. The van der Waals surface area contributed by atoms with Crippen molar-refractivity contribution < 1.29 is 18.0 Å². The highest BCUT2D eigenvalue weighted by Crippen LogP contribution is 2.34. The number of hydrogen-bond acceptors (Lipinski definition) is 5. The molecule has 9 heteroatoms. The number of nitrogens with one attached hydrogen (secondary N) is 1. The molecule has 4 rings (SSSR count). The summed E-state index contributed by atoms with van der Waals surface area (Å²) in [5.74, 6) is -1.90. The number of piperidine rings is 1. The third-order valence-electron chi connectivity index (χ3n) is 5.63. The summed E-state index contributed by atoms with van der Waals surface area (Å²) in [6.45, 7) is 3.63. The Hall–Kier alpha value is -2.58. The first kappa shape index (κ1) is 21.6. The maximum absolute atomic E-state index is 12.8. The van der Waals surface area contributed by atoms with Crippen LogP contribution in [0.1, 0.15) is 36.5 Å². The van der Waals surface area contributed by atoms with Crippen LogP contribution in [0.25, 0.3) is 0 Å². The summed E-state index contributed by atoms with van der Waals surface area (Å²) >= 11 is 6.18. The van der Waals surface area contributed by atoms with Crippen molar-refractivity contribution in [3.63, 3.8) is 0 Å². The average Bonchev–Trinajstić information content (AvgIpc) is 2.96. The van der Waals surface area contributed by atoms with E-state index < -0.39 is 27.8 Å². The summed E-state index contributed by atoms with van der Waals surface area (Å²) in [6, 6.07) is 11.9. The largest absolute Gasteiger partial charge is 0.372 e. The lowest BCUT2D eigenvalue weighted by Crippen LogP contribution is -2.30. The third-order valence-corrected chi connectivity index (χ3v) is 7.81. The van der Waals surface area contributed by atoms with Gasteiger partial charge in [0.15, 0.2) is 0 Å². The molecule has 31 heavy (non-hydrogen) atoms. The van der Waals surface area contributed by atoms with Gasteiger partial charge in [-0.15, -0.1) is 0 Å². The fourth-order valence-electron chi connectivity index (χ4n) is 3.99. The first-order valence-corrected chi connectivity index (χ1v) is 12.3. The van der Waals surface area contributed by atoms with Crippen LogP contribution in [0.3, 0.4) is 0 Å². The van der Waals surface area contributed by atoms with Crippen molar-refractivity contribution in [3.05, 3.63) is 53.1 Å². The van der Waals surface area contributed by atoms with Gasteiger partial charge in [0.2, 0.25) is 15.9 Å². The van der Waals surface area contributed by atoms with Gasteiger partial charge in [0, 0.05) is 30.0 Å². The van der Waals surface area contributed by atoms with E-state index in [4.69, 9.17) is 11.6 Å². The van der Waals surface area contributed by atoms with Crippen LogP contribution in [0.5, 0.6) is 0 Å². The van der Waals surface area contributed by atoms with Gasteiger partial charge in [0.1, 0.15) is 0 Å².